The zero-order valence-electron chi connectivity index (χ0n) is 29.6. The lowest BCUT2D eigenvalue weighted by Crippen LogP contribution is -2.68. The Labute approximate surface area is 282 Å². The number of fused-ring (bicyclic) bond motifs is 7. The van der Waals surface area contributed by atoms with Crippen LogP contribution in [0.4, 0.5) is 0 Å². The summed E-state index contributed by atoms with van der Waals surface area (Å²) in [6.45, 7) is 20.8. The second-order valence-corrected chi connectivity index (χ2v) is 17.7. The number of aromatic carboxylic acids is 1. The number of carbonyl (C=O) groups excluding carboxylic acids is 1. The van der Waals surface area contributed by atoms with Gasteiger partial charge in [0.15, 0.2) is 0 Å². The summed E-state index contributed by atoms with van der Waals surface area (Å²) in [4.78, 5) is 27.4. The fourth-order valence-electron chi connectivity index (χ4n) is 13.3. The standard InChI is InChI=1S/C41H58N2O4/c1-7-27-14-19-41(42-34(44)26-43-22-24-47-25-23-43)21-20-39(5)31(35(27)41)12-13-33-38(4)17-15-30(28-8-10-29(11-9-28)36(45)46)37(2,3)32(38)16-18-40(33,39)6/h7-11,15,27,31-33,35H,1,12-14,16-26H2,2-6H3,(H,42,44)(H,45,46). The van der Waals surface area contributed by atoms with Crippen molar-refractivity contribution < 1.29 is 19.4 Å². The van der Waals surface area contributed by atoms with Gasteiger partial charge in [0, 0.05) is 18.6 Å². The fourth-order valence-corrected chi connectivity index (χ4v) is 13.3. The van der Waals surface area contributed by atoms with E-state index in [9.17, 15) is 14.7 Å². The van der Waals surface area contributed by atoms with Gasteiger partial charge >= 0.3 is 5.97 Å². The van der Waals surface area contributed by atoms with Crippen molar-refractivity contribution >= 4 is 17.4 Å². The average Bonchev–Trinajstić information content (AvgIpc) is 3.40. The predicted octanol–water partition coefficient (Wildman–Crippen LogP) is 7.85. The molecule has 0 bridgehead atoms. The van der Waals surface area contributed by atoms with Gasteiger partial charge in [-0.3, -0.25) is 9.69 Å². The number of rotatable bonds is 6. The summed E-state index contributed by atoms with van der Waals surface area (Å²) in [5.74, 6) is 2.05. The first kappa shape index (κ1) is 33.1. The number of allylic oxidation sites excluding steroid dienone is 3. The summed E-state index contributed by atoms with van der Waals surface area (Å²) >= 11 is 0. The molecule has 0 radical (unpaired) electrons. The van der Waals surface area contributed by atoms with Gasteiger partial charge in [0.05, 0.1) is 25.3 Å². The van der Waals surface area contributed by atoms with Gasteiger partial charge in [0.2, 0.25) is 5.91 Å². The maximum Gasteiger partial charge on any atom is 0.335 e. The van der Waals surface area contributed by atoms with Crippen molar-refractivity contribution in [2.24, 2.45) is 51.2 Å². The number of carbonyl (C=O) groups is 2. The Morgan fingerprint density at radius 3 is 2.34 bits per heavy atom. The van der Waals surface area contributed by atoms with Crippen LogP contribution in [0.2, 0.25) is 0 Å². The molecule has 256 valence electrons. The van der Waals surface area contributed by atoms with Crippen LogP contribution < -0.4 is 5.32 Å². The van der Waals surface area contributed by atoms with Gasteiger partial charge in [-0.25, -0.2) is 4.79 Å². The number of amides is 1. The molecule has 5 aliphatic carbocycles. The number of carboxylic acid groups (broad SMARTS) is 1. The van der Waals surface area contributed by atoms with Crippen LogP contribution in [0.3, 0.4) is 0 Å². The van der Waals surface area contributed by atoms with E-state index in [2.05, 4.69) is 63.6 Å². The van der Waals surface area contributed by atoms with Crippen LogP contribution in [0.1, 0.15) is 108 Å². The lowest BCUT2D eigenvalue weighted by atomic mass is 9.33. The molecule has 0 spiro atoms. The van der Waals surface area contributed by atoms with E-state index in [1.165, 1.54) is 43.2 Å². The van der Waals surface area contributed by atoms with Crippen LogP contribution in [-0.2, 0) is 9.53 Å². The van der Waals surface area contributed by atoms with Crippen molar-refractivity contribution in [3.63, 3.8) is 0 Å². The SMILES string of the molecule is C=CC1CCC2(NC(=O)CN3CCOCC3)CCC3(C)C(CCC4C5(C)CC=C(c6ccc(C(=O)O)cc6)C(C)(C)C5CCC43C)C12. The molecule has 1 aromatic carbocycles. The Bertz CT molecular complexity index is 1440. The smallest absolute Gasteiger partial charge is 0.335 e. The van der Waals surface area contributed by atoms with Crippen LogP contribution in [0.15, 0.2) is 43.0 Å². The Morgan fingerprint density at radius 1 is 0.936 bits per heavy atom. The van der Waals surface area contributed by atoms with Gasteiger partial charge in [-0.05, 0) is 132 Å². The largest absolute Gasteiger partial charge is 0.478 e. The van der Waals surface area contributed by atoms with Crippen molar-refractivity contribution in [3.05, 3.63) is 54.1 Å². The third-order valence-electron chi connectivity index (χ3n) is 15.7. The zero-order chi connectivity index (χ0) is 33.4. The summed E-state index contributed by atoms with van der Waals surface area (Å²) < 4.78 is 5.53. The van der Waals surface area contributed by atoms with Crippen molar-refractivity contribution in [1.82, 2.24) is 10.2 Å². The minimum Gasteiger partial charge on any atom is -0.478 e. The summed E-state index contributed by atoms with van der Waals surface area (Å²) in [5, 5.41) is 13.2. The van der Waals surface area contributed by atoms with Crippen molar-refractivity contribution in [1.29, 1.82) is 0 Å². The molecule has 1 amide bonds. The van der Waals surface area contributed by atoms with E-state index >= 15 is 0 Å². The van der Waals surface area contributed by atoms with E-state index in [1.54, 1.807) is 12.1 Å². The van der Waals surface area contributed by atoms with Crippen LogP contribution in [-0.4, -0.2) is 60.3 Å². The molecule has 1 heterocycles. The molecule has 5 fully saturated rings. The van der Waals surface area contributed by atoms with Gasteiger partial charge in [0.1, 0.15) is 0 Å². The second-order valence-electron chi connectivity index (χ2n) is 17.7. The average molecular weight is 643 g/mol. The lowest BCUT2D eigenvalue weighted by molar-refractivity contribution is -0.219. The highest BCUT2D eigenvalue weighted by Crippen LogP contribution is 2.76. The van der Waals surface area contributed by atoms with E-state index in [1.807, 2.05) is 12.1 Å². The second kappa shape index (κ2) is 11.6. The minimum atomic E-state index is -0.871. The first-order chi connectivity index (χ1) is 22.3. The van der Waals surface area contributed by atoms with E-state index in [-0.39, 0.29) is 33.1 Å². The maximum absolute atomic E-state index is 13.6. The van der Waals surface area contributed by atoms with Crippen LogP contribution >= 0.6 is 0 Å². The molecule has 6 aliphatic rings. The number of benzene rings is 1. The molecule has 47 heavy (non-hydrogen) atoms. The Morgan fingerprint density at radius 2 is 1.66 bits per heavy atom. The van der Waals surface area contributed by atoms with Gasteiger partial charge in [-0.1, -0.05) is 58.9 Å². The lowest BCUT2D eigenvalue weighted by Gasteiger charge is -2.72. The molecule has 9 unspecified atom stereocenters. The molecule has 2 N–H and O–H groups in total. The van der Waals surface area contributed by atoms with E-state index in [0.717, 1.165) is 38.8 Å². The maximum atomic E-state index is 13.6. The number of hydrogen-bond acceptors (Lipinski definition) is 4. The van der Waals surface area contributed by atoms with Crippen molar-refractivity contribution in [3.8, 4) is 0 Å². The van der Waals surface area contributed by atoms with Crippen LogP contribution in [0.25, 0.3) is 5.57 Å². The minimum absolute atomic E-state index is 0.00267. The van der Waals surface area contributed by atoms with Crippen molar-refractivity contribution in [2.75, 3.05) is 32.8 Å². The molecular weight excluding hydrogens is 584 g/mol. The summed E-state index contributed by atoms with van der Waals surface area (Å²) in [6.07, 6.45) is 15.3. The number of morpholine rings is 1. The Hall–Kier alpha value is -2.44. The molecule has 1 saturated heterocycles. The summed E-state index contributed by atoms with van der Waals surface area (Å²) in [7, 11) is 0. The third kappa shape index (κ3) is 4.93. The molecule has 6 heteroatoms. The van der Waals surface area contributed by atoms with Gasteiger partial charge in [-0.2, -0.15) is 0 Å². The number of nitrogens with zero attached hydrogens (tertiary/aromatic N) is 1. The monoisotopic (exact) mass is 642 g/mol. The molecule has 0 aromatic heterocycles. The van der Waals surface area contributed by atoms with Crippen molar-refractivity contribution in [2.45, 2.75) is 97.9 Å². The van der Waals surface area contributed by atoms with Crippen LogP contribution in [0, 0.1) is 51.2 Å². The predicted molar refractivity (Wildman–Crippen MR) is 187 cm³/mol. The molecule has 6 nitrogen and oxygen atoms in total. The Kier molecular flexibility index (Phi) is 8.15. The first-order valence-electron chi connectivity index (χ1n) is 18.6. The molecule has 1 aliphatic heterocycles. The highest BCUT2D eigenvalue weighted by atomic mass is 16.5. The third-order valence-corrected chi connectivity index (χ3v) is 15.7. The zero-order valence-corrected chi connectivity index (χ0v) is 29.6. The van der Waals surface area contributed by atoms with E-state index in [4.69, 9.17) is 4.74 Å². The number of hydrogen-bond donors (Lipinski definition) is 2. The van der Waals surface area contributed by atoms with Gasteiger partial charge in [0.25, 0.3) is 0 Å². The number of ether oxygens (including phenoxy) is 1. The number of nitrogens with one attached hydrogen (secondary N) is 1. The molecule has 4 saturated carbocycles. The highest BCUT2D eigenvalue weighted by molar-refractivity contribution is 5.88. The highest BCUT2D eigenvalue weighted by Gasteiger charge is 2.70. The van der Waals surface area contributed by atoms with Gasteiger partial charge < -0.3 is 15.2 Å². The summed E-state index contributed by atoms with van der Waals surface area (Å²) in [5.41, 5.74) is 3.46. The van der Waals surface area contributed by atoms with E-state index in [0.29, 0.717) is 54.9 Å². The molecule has 7 rings (SSSR count). The topological polar surface area (TPSA) is 78.9 Å². The normalized spacial score (nSPS) is 42.6. The molecule has 1 aromatic rings. The molecule has 9 atom stereocenters. The Balaban J connectivity index is 1.17. The first-order valence-corrected chi connectivity index (χ1v) is 18.6. The van der Waals surface area contributed by atoms with Crippen LogP contribution in [0.5, 0.6) is 0 Å². The quantitative estimate of drug-likeness (QED) is 0.309. The number of carboxylic acids is 1. The van der Waals surface area contributed by atoms with E-state index < -0.39 is 5.97 Å². The fraction of sp³-hybridized carbons (Fsp3) is 0.707. The molecular formula is C41H58N2O4. The summed E-state index contributed by atoms with van der Waals surface area (Å²) in [6, 6.07) is 7.56. The van der Waals surface area contributed by atoms with Gasteiger partial charge in [-0.15, -0.1) is 6.58 Å².